The van der Waals surface area contributed by atoms with Gasteiger partial charge < -0.3 is 9.47 Å². The fourth-order valence-corrected chi connectivity index (χ4v) is 3.98. The average molecular weight is 296 g/mol. The van der Waals surface area contributed by atoms with E-state index in [0.29, 0.717) is 24.1 Å². The number of hydrogen-bond donors (Lipinski definition) is 0. The molecule has 1 aromatic carbocycles. The number of nitrogens with zero attached hydrogens (tertiary/aromatic N) is 1. The molecule has 0 radical (unpaired) electrons. The molecule has 0 aromatic heterocycles. The molecule has 110 valence electrons. The fourth-order valence-electron chi connectivity index (χ4n) is 3.57. The number of para-hydroxylation sites is 2. The van der Waals surface area contributed by atoms with Crippen LogP contribution in [-0.2, 0) is 0 Å². The molecule has 1 aromatic rings. The largest absolute Gasteiger partial charge is 0.493 e. The molecular formula is C16H22ClNO2. The van der Waals surface area contributed by atoms with Crippen LogP contribution in [0.3, 0.4) is 0 Å². The summed E-state index contributed by atoms with van der Waals surface area (Å²) in [6.07, 6.45) is 4.85. The smallest absolute Gasteiger partial charge is 0.161 e. The molecule has 2 fully saturated rings. The first-order valence-electron chi connectivity index (χ1n) is 7.43. The van der Waals surface area contributed by atoms with Crippen LogP contribution in [0.2, 0.25) is 0 Å². The molecule has 0 aliphatic carbocycles. The van der Waals surface area contributed by atoms with Gasteiger partial charge in [0.05, 0.1) is 7.11 Å². The highest BCUT2D eigenvalue weighted by Crippen LogP contribution is 2.37. The van der Waals surface area contributed by atoms with Crippen LogP contribution in [0.25, 0.3) is 0 Å². The van der Waals surface area contributed by atoms with Gasteiger partial charge in [-0.3, -0.25) is 4.90 Å². The standard InChI is InChI=1S/C16H22ClNO2/c1-19-15-4-2-3-5-16(15)20-9-8-18-13-6-7-14(18)11-12(17)10-13/h2-5,12-14H,6-11H2,1H3. The Hall–Kier alpha value is -0.930. The van der Waals surface area contributed by atoms with Crippen LogP contribution < -0.4 is 9.47 Å². The summed E-state index contributed by atoms with van der Waals surface area (Å²) in [6.45, 7) is 1.69. The summed E-state index contributed by atoms with van der Waals surface area (Å²) in [7, 11) is 1.67. The quantitative estimate of drug-likeness (QED) is 0.778. The average Bonchev–Trinajstić information content (AvgIpc) is 2.70. The molecule has 2 atom stereocenters. The van der Waals surface area contributed by atoms with E-state index in [4.69, 9.17) is 21.1 Å². The number of fused-ring (bicyclic) bond motifs is 2. The lowest BCUT2D eigenvalue weighted by Crippen LogP contribution is -2.45. The van der Waals surface area contributed by atoms with Crippen LogP contribution in [-0.4, -0.2) is 42.6 Å². The third-order valence-electron chi connectivity index (χ3n) is 4.50. The van der Waals surface area contributed by atoms with Gasteiger partial charge in [-0.25, -0.2) is 0 Å². The zero-order valence-corrected chi connectivity index (χ0v) is 12.7. The van der Waals surface area contributed by atoms with E-state index >= 15 is 0 Å². The summed E-state index contributed by atoms with van der Waals surface area (Å²) in [5.74, 6) is 1.63. The number of halogens is 1. The van der Waals surface area contributed by atoms with E-state index in [2.05, 4.69) is 4.90 Å². The van der Waals surface area contributed by atoms with Crippen molar-refractivity contribution in [2.45, 2.75) is 43.1 Å². The summed E-state index contributed by atoms with van der Waals surface area (Å²) < 4.78 is 11.2. The first kappa shape index (κ1) is 14.0. The lowest BCUT2D eigenvalue weighted by Gasteiger charge is -2.36. The molecule has 2 bridgehead atoms. The minimum Gasteiger partial charge on any atom is -0.493 e. The first-order chi connectivity index (χ1) is 9.78. The van der Waals surface area contributed by atoms with Crippen molar-refractivity contribution in [3.05, 3.63) is 24.3 Å². The summed E-state index contributed by atoms with van der Waals surface area (Å²) in [4.78, 5) is 2.59. The van der Waals surface area contributed by atoms with Crippen molar-refractivity contribution in [1.29, 1.82) is 0 Å². The number of hydrogen-bond acceptors (Lipinski definition) is 3. The SMILES string of the molecule is COc1ccccc1OCCN1C2CCC1CC(Cl)C2. The molecule has 3 rings (SSSR count). The monoisotopic (exact) mass is 295 g/mol. The first-order valence-corrected chi connectivity index (χ1v) is 7.87. The van der Waals surface area contributed by atoms with Gasteiger partial charge in [0.15, 0.2) is 11.5 Å². The van der Waals surface area contributed by atoms with Crippen molar-refractivity contribution in [3.8, 4) is 11.5 Å². The molecule has 4 heteroatoms. The van der Waals surface area contributed by atoms with Crippen LogP contribution >= 0.6 is 11.6 Å². The van der Waals surface area contributed by atoms with Gasteiger partial charge >= 0.3 is 0 Å². The van der Waals surface area contributed by atoms with Gasteiger partial charge in [-0.2, -0.15) is 0 Å². The fraction of sp³-hybridized carbons (Fsp3) is 0.625. The third kappa shape index (κ3) is 2.89. The Morgan fingerprint density at radius 3 is 2.45 bits per heavy atom. The Labute approximate surface area is 125 Å². The van der Waals surface area contributed by atoms with E-state index < -0.39 is 0 Å². The zero-order chi connectivity index (χ0) is 13.9. The van der Waals surface area contributed by atoms with Gasteiger partial charge in [0.2, 0.25) is 0 Å². The van der Waals surface area contributed by atoms with Gasteiger partial charge in [0.25, 0.3) is 0 Å². The summed E-state index contributed by atoms with van der Waals surface area (Å²) in [5.41, 5.74) is 0. The van der Waals surface area contributed by atoms with Gasteiger partial charge in [0.1, 0.15) is 6.61 Å². The minimum atomic E-state index is 0.374. The molecular weight excluding hydrogens is 274 g/mol. The molecule has 0 amide bonds. The highest BCUT2D eigenvalue weighted by atomic mass is 35.5. The van der Waals surface area contributed by atoms with Gasteiger partial charge in [-0.1, -0.05) is 12.1 Å². The van der Waals surface area contributed by atoms with Crippen molar-refractivity contribution >= 4 is 11.6 Å². The van der Waals surface area contributed by atoms with Crippen LogP contribution in [0.4, 0.5) is 0 Å². The van der Waals surface area contributed by atoms with Crippen LogP contribution in [0.1, 0.15) is 25.7 Å². The van der Waals surface area contributed by atoms with Gasteiger partial charge in [-0.15, -0.1) is 11.6 Å². The molecule has 2 aliphatic rings. The normalized spacial score (nSPS) is 29.4. The molecule has 0 N–H and O–H groups in total. The molecule has 0 saturated carbocycles. The molecule has 3 nitrogen and oxygen atoms in total. The van der Waals surface area contributed by atoms with E-state index in [0.717, 1.165) is 30.9 Å². The van der Waals surface area contributed by atoms with Crippen molar-refractivity contribution in [2.24, 2.45) is 0 Å². The maximum absolute atomic E-state index is 6.31. The van der Waals surface area contributed by atoms with Crippen LogP contribution in [0, 0.1) is 0 Å². The predicted molar refractivity (Wildman–Crippen MR) is 80.9 cm³/mol. The van der Waals surface area contributed by atoms with E-state index in [1.807, 2.05) is 24.3 Å². The summed E-state index contributed by atoms with van der Waals surface area (Å²) >= 11 is 6.31. The van der Waals surface area contributed by atoms with Crippen molar-refractivity contribution in [1.82, 2.24) is 4.90 Å². The molecule has 0 spiro atoms. The summed E-state index contributed by atoms with van der Waals surface area (Å²) in [6, 6.07) is 9.14. The predicted octanol–water partition coefficient (Wildman–Crippen LogP) is 3.31. The molecule has 2 saturated heterocycles. The number of alkyl halides is 1. The topological polar surface area (TPSA) is 21.7 Å². The number of rotatable bonds is 5. The van der Waals surface area contributed by atoms with E-state index in [1.165, 1.54) is 12.8 Å². The minimum absolute atomic E-state index is 0.374. The van der Waals surface area contributed by atoms with Crippen LogP contribution in [0.15, 0.2) is 24.3 Å². The summed E-state index contributed by atoms with van der Waals surface area (Å²) in [5, 5.41) is 0.374. The Morgan fingerprint density at radius 1 is 1.15 bits per heavy atom. The van der Waals surface area contributed by atoms with Gasteiger partial charge in [0, 0.05) is 24.0 Å². The Bertz CT molecular complexity index is 440. The zero-order valence-electron chi connectivity index (χ0n) is 11.9. The molecule has 2 aliphatic heterocycles. The lowest BCUT2D eigenvalue weighted by molar-refractivity contribution is 0.117. The maximum Gasteiger partial charge on any atom is 0.161 e. The van der Waals surface area contributed by atoms with Crippen molar-refractivity contribution in [3.63, 3.8) is 0 Å². The third-order valence-corrected chi connectivity index (χ3v) is 4.86. The second kappa shape index (κ2) is 6.23. The van der Waals surface area contributed by atoms with Crippen molar-refractivity contribution in [2.75, 3.05) is 20.3 Å². The van der Waals surface area contributed by atoms with Gasteiger partial charge in [-0.05, 0) is 37.8 Å². The number of benzene rings is 1. The van der Waals surface area contributed by atoms with Crippen LogP contribution in [0.5, 0.6) is 11.5 Å². The highest BCUT2D eigenvalue weighted by molar-refractivity contribution is 6.20. The second-order valence-electron chi connectivity index (χ2n) is 5.69. The molecule has 2 heterocycles. The molecule has 2 unspecified atom stereocenters. The number of ether oxygens (including phenoxy) is 2. The van der Waals surface area contributed by atoms with E-state index in [-0.39, 0.29) is 0 Å². The maximum atomic E-state index is 6.31. The Morgan fingerprint density at radius 2 is 1.80 bits per heavy atom. The lowest BCUT2D eigenvalue weighted by atomic mass is 10.0. The number of piperidine rings is 1. The Balaban J connectivity index is 1.53. The van der Waals surface area contributed by atoms with Crippen molar-refractivity contribution < 1.29 is 9.47 Å². The Kier molecular flexibility index (Phi) is 4.37. The highest BCUT2D eigenvalue weighted by Gasteiger charge is 2.39. The molecule has 20 heavy (non-hydrogen) atoms. The second-order valence-corrected chi connectivity index (χ2v) is 6.31. The van der Waals surface area contributed by atoms with E-state index in [1.54, 1.807) is 7.11 Å². The van der Waals surface area contributed by atoms with E-state index in [9.17, 15) is 0 Å². The number of methoxy groups -OCH3 is 1.